The molecular weight excluding hydrogens is 372 g/mol. The van der Waals surface area contributed by atoms with Gasteiger partial charge in [0.15, 0.2) is 0 Å². The van der Waals surface area contributed by atoms with E-state index in [4.69, 9.17) is 0 Å². The van der Waals surface area contributed by atoms with Crippen LogP contribution in [0.25, 0.3) is 5.57 Å². The Labute approximate surface area is 174 Å². The van der Waals surface area contributed by atoms with Gasteiger partial charge in [0, 0.05) is 5.56 Å². The Bertz CT molecular complexity index is 1050. The van der Waals surface area contributed by atoms with Crippen LogP contribution < -0.4 is 0 Å². The van der Waals surface area contributed by atoms with E-state index in [0.29, 0.717) is 0 Å². The van der Waals surface area contributed by atoms with Crippen LogP contribution in [0.4, 0.5) is 0 Å². The molecule has 0 aromatic heterocycles. The third kappa shape index (κ3) is 3.76. The molecule has 0 radical (unpaired) electrons. The smallest absolute Gasteiger partial charge is 0.110 e. The van der Waals surface area contributed by atoms with Gasteiger partial charge in [0.1, 0.15) is 12.2 Å². The lowest BCUT2D eigenvalue weighted by atomic mass is 9.93. The minimum absolute atomic E-state index is 0.816. The summed E-state index contributed by atoms with van der Waals surface area (Å²) >= 11 is 0. The summed E-state index contributed by atoms with van der Waals surface area (Å²) in [5.74, 6) is 6.75. The van der Waals surface area contributed by atoms with Crippen LogP contribution in [0, 0.1) is 11.8 Å². The molecule has 0 saturated carbocycles. The molecule has 0 heterocycles. The van der Waals surface area contributed by atoms with Crippen molar-refractivity contribution in [2.75, 3.05) is 0 Å². The van der Waals surface area contributed by atoms with Crippen LogP contribution >= 0.6 is 0 Å². The highest BCUT2D eigenvalue weighted by atomic mass is 28.3. The number of rotatable bonds is 1. The Hall–Kier alpha value is -2.38. The van der Waals surface area contributed by atoms with Gasteiger partial charge in [-0.15, -0.1) is 0 Å². The van der Waals surface area contributed by atoms with Crippen LogP contribution in [0.2, 0.25) is 19.6 Å². The molecule has 0 bridgehead atoms. The monoisotopic (exact) mass is 400 g/mol. The van der Waals surface area contributed by atoms with E-state index in [1.54, 1.807) is 0 Å². The first-order valence-electron chi connectivity index (χ1n) is 10.4. The molecule has 0 fully saturated rings. The summed E-state index contributed by atoms with van der Waals surface area (Å²) in [5, 5.41) is 23.1. The maximum absolute atomic E-state index is 11.1. The summed E-state index contributed by atoms with van der Waals surface area (Å²) in [5.41, 5.74) is 6.31. The third-order valence-electron chi connectivity index (χ3n) is 5.85. The molecule has 0 amide bonds. The summed E-state index contributed by atoms with van der Waals surface area (Å²) in [6, 6.07) is 18.4. The van der Waals surface area contributed by atoms with Crippen LogP contribution in [0.3, 0.4) is 0 Å². The Morgan fingerprint density at radius 3 is 2.31 bits per heavy atom. The van der Waals surface area contributed by atoms with Gasteiger partial charge in [-0.2, -0.15) is 0 Å². The van der Waals surface area contributed by atoms with Crippen molar-refractivity contribution in [3.8, 4) is 11.8 Å². The van der Waals surface area contributed by atoms with Crippen molar-refractivity contribution in [3.05, 3.63) is 87.6 Å². The number of fused-ring (bicyclic) bond motifs is 2. The minimum Gasteiger partial charge on any atom is -0.386 e. The lowest BCUT2D eigenvalue weighted by molar-refractivity contribution is 0.0739. The molecule has 2 N–H and O–H groups in total. The summed E-state index contributed by atoms with van der Waals surface area (Å²) in [6.45, 7) is 6.78. The largest absolute Gasteiger partial charge is 0.386 e. The SMILES string of the molecule is C[Si](C)(C)/C(C#Cc1ccccc1)=C1/C2=C(CCCc3ccccc32)[C@H](O)[C@@H]1O. The molecule has 2 aromatic carbocycles. The minimum atomic E-state index is -1.89. The van der Waals surface area contributed by atoms with Gasteiger partial charge in [0.05, 0.1) is 8.07 Å². The summed E-state index contributed by atoms with van der Waals surface area (Å²) in [7, 11) is -1.89. The van der Waals surface area contributed by atoms with Crippen LogP contribution in [0.5, 0.6) is 0 Å². The van der Waals surface area contributed by atoms with Gasteiger partial charge < -0.3 is 10.2 Å². The highest BCUT2D eigenvalue weighted by Gasteiger charge is 2.41. The van der Waals surface area contributed by atoms with E-state index in [0.717, 1.165) is 52.3 Å². The fraction of sp³-hybridized carbons (Fsp3) is 0.308. The first kappa shape index (κ1) is 19.9. The quantitative estimate of drug-likeness (QED) is 0.536. The zero-order chi connectivity index (χ0) is 20.6. The average Bonchev–Trinajstić information content (AvgIpc) is 2.84. The molecule has 0 spiro atoms. The van der Waals surface area contributed by atoms with Crippen molar-refractivity contribution in [2.24, 2.45) is 0 Å². The topological polar surface area (TPSA) is 40.5 Å². The van der Waals surface area contributed by atoms with Gasteiger partial charge >= 0.3 is 0 Å². The van der Waals surface area contributed by atoms with Crippen molar-refractivity contribution in [3.63, 3.8) is 0 Å². The highest BCUT2D eigenvalue weighted by molar-refractivity contribution is 6.84. The standard InChI is InChI=1S/C26H28O2Si/c1-29(2,3)22(17-16-18-10-5-4-6-11-18)24-23-20-14-8-7-12-19(20)13-9-15-21(23)25(27)26(24)28/h4-8,10-12,14,25-28H,9,13,15H2,1-3H3/b24-22-/t25-,26+/m0/s1. The number of allylic oxidation sites excluding steroid dienone is 1. The van der Waals surface area contributed by atoms with E-state index < -0.39 is 20.3 Å². The van der Waals surface area contributed by atoms with E-state index >= 15 is 0 Å². The van der Waals surface area contributed by atoms with Crippen molar-refractivity contribution in [1.29, 1.82) is 0 Å². The van der Waals surface area contributed by atoms with E-state index in [9.17, 15) is 10.2 Å². The van der Waals surface area contributed by atoms with Gasteiger partial charge in [-0.3, -0.25) is 0 Å². The maximum Gasteiger partial charge on any atom is 0.110 e. The van der Waals surface area contributed by atoms with Crippen LogP contribution in [0.1, 0.15) is 29.5 Å². The van der Waals surface area contributed by atoms with Gasteiger partial charge in [0.2, 0.25) is 0 Å². The van der Waals surface area contributed by atoms with Crippen LogP contribution in [-0.2, 0) is 6.42 Å². The molecule has 2 aliphatic carbocycles. The molecular formula is C26H28O2Si. The van der Waals surface area contributed by atoms with Gasteiger partial charge in [-0.1, -0.05) is 73.9 Å². The molecule has 4 rings (SSSR count). The Kier molecular flexibility index (Phi) is 5.35. The second-order valence-corrected chi connectivity index (χ2v) is 14.0. The fourth-order valence-corrected chi connectivity index (χ4v) is 5.97. The first-order chi connectivity index (χ1) is 13.9. The molecule has 0 saturated heterocycles. The van der Waals surface area contributed by atoms with Crippen LogP contribution in [0.15, 0.2) is 70.9 Å². The molecule has 0 aliphatic heterocycles. The summed E-state index contributed by atoms with van der Waals surface area (Å²) in [6.07, 6.45) is 1.06. The molecule has 148 valence electrons. The highest BCUT2D eigenvalue weighted by Crippen LogP contribution is 2.46. The predicted octanol–water partition coefficient (Wildman–Crippen LogP) is 4.74. The molecule has 2 nitrogen and oxygen atoms in total. The number of aliphatic hydroxyl groups is 2. The van der Waals surface area contributed by atoms with E-state index in [1.807, 2.05) is 36.4 Å². The van der Waals surface area contributed by atoms with Crippen molar-refractivity contribution in [1.82, 2.24) is 0 Å². The second-order valence-electron chi connectivity index (χ2n) is 8.96. The molecule has 0 unspecified atom stereocenters. The van der Waals surface area contributed by atoms with Gasteiger partial charge in [-0.25, -0.2) is 0 Å². The van der Waals surface area contributed by atoms with Crippen molar-refractivity contribution < 1.29 is 10.2 Å². The number of hydrogen-bond donors (Lipinski definition) is 2. The number of hydrogen-bond acceptors (Lipinski definition) is 2. The van der Waals surface area contributed by atoms with Gasteiger partial charge in [-0.05, 0) is 64.4 Å². The Morgan fingerprint density at radius 1 is 0.897 bits per heavy atom. The molecule has 29 heavy (non-hydrogen) atoms. The van der Waals surface area contributed by atoms with E-state index in [1.165, 1.54) is 5.56 Å². The lowest BCUT2D eigenvalue weighted by Gasteiger charge is -2.24. The van der Waals surface area contributed by atoms with Crippen molar-refractivity contribution >= 4 is 13.6 Å². The number of benzene rings is 2. The first-order valence-corrected chi connectivity index (χ1v) is 13.9. The lowest BCUT2D eigenvalue weighted by Crippen LogP contribution is -2.30. The maximum atomic E-state index is 11.1. The number of aliphatic hydroxyl groups excluding tert-OH is 2. The number of aryl methyl sites for hydroxylation is 1. The molecule has 2 aliphatic rings. The van der Waals surface area contributed by atoms with E-state index in [-0.39, 0.29) is 0 Å². The van der Waals surface area contributed by atoms with Crippen LogP contribution in [-0.4, -0.2) is 30.5 Å². The summed E-state index contributed by atoms with van der Waals surface area (Å²) < 4.78 is 0. The second kappa shape index (κ2) is 7.80. The average molecular weight is 401 g/mol. The Balaban J connectivity index is 1.97. The Morgan fingerprint density at radius 2 is 1.59 bits per heavy atom. The molecule has 2 aromatic rings. The third-order valence-corrected chi connectivity index (χ3v) is 7.74. The fourth-order valence-electron chi connectivity index (χ4n) is 4.45. The molecule has 3 heteroatoms. The van der Waals surface area contributed by atoms with Gasteiger partial charge in [0.25, 0.3) is 0 Å². The zero-order valence-corrected chi connectivity index (χ0v) is 18.4. The zero-order valence-electron chi connectivity index (χ0n) is 17.4. The molecule has 2 atom stereocenters. The summed E-state index contributed by atoms with van der Waals surface area (Å²) in [4.78, 5) is 0. The predicted molar refractivity (Wildman–Crippen MR) is 122 cm³/mol. The normalized spacial score (nSPS) is 22.9. The van der Waals surface area contributed by atoms with Crippen molar-refractivity contribution in [2.45, 2.75) is 51.1 Å². The van der Waals surface area contributed by atoms with E-state index in [2.05, 4.69) is 49.7 Å².